The molecule has 0 saturated carbocycles. The fourth-order valence-electron chi connectivity index (χ4n) is 2.51. The lowest BCUT2D eigenvalue weighted by Gasteiger charge is -2.21. The molecule has 2 rings (SSSR count). The summed E-state index contributed by atoms with van der Waals surface area (Å²) in [5, 5.41) is 7.67. The van der Waals surface area contributed by atoms with E-state index in [2.05, 4.69) is 30.8 Å². The highest BCUT2D eigenvalue weighted by molar-refractivity contribution is 7.80. The Balaban J connectivity index is 2.00. The zero-order valence-electron chi connectivity index (χ0n) is 13.9. The highest BCUT2D eigenvalue weighted by atomic mass is 35.5. The molecule has 3 N–H and O–H groups in total. The molecular formula is C17H23ClN3OS+. The van der Waals surface area contributed by atoms with Crippen LogP contribution in [0, 0.1) is 13.8 Å². The van der Waals surface area contributed by atoms with Crippen molar-refractivity contribution in [1.82, 2.24) is 5.32 Å². The van der Waals surface area contributed by atoms with E-state index in [1.54, 1.807) is 6.26 Å². The van der Waals surface area contributed by atoms with E-state index in [1.165, 1.54) is 4.90 Å². The van der Waals surface area contributed by atoms with Crippen LogP contribution >= 0.6 is 23.8 Å². The van der Waals surface area contributed by atoms with Gasteiger partial charge in [0, 0.05) is 0 Å². The van der Waals surface area contributed by atoms with Crippen LogP contribution in [0.4, 0.5) is 5.69 Å². The second kappa shape index (κ2) is 7.81. The molecular weight excluding hydrogens is 330 g/mol. The molecule has 0 bridgehead atoms. The molecule has 1 aromatic carbocycles. The Morgan fingerprint density at radius 1 is 1.35 bits per heavy atom. The van der Waals surface area contributed by atoms with Gasteiger partial charge < -0.3 is 20.0 Å². The van der Waals surface area contributed by atoms with Crippen molar-refractivity contribution >= 4 is 34.6 Å². The van der Waals surface area contributed by atoms with Gasteiger partial charge in [0.15, 0.2) is 16.9 Å². The molecule has 0 aliphatic heterocycles. The van der Waals surface area contributed by atoms with Gasteiger partial charge in [-0.25, -0.2) is 0 Å². The van der Waals surface area contributed by atoms with Gasteiger partial charge in [0.05, 0.1) is 37.6 Å². The van der Waals surface area contributed by atoms with E-state index in [9.17, 15) is 0 Å². The molecule has 0 radical (unpaired) electrons. The molecule has 23 heavy (non-hydrogen) atoms. The fourth-order valence-corrected chi connectivity index (χ4v) is 3.06. The number of anilines is 1. The molecule has 0 unspecified atom stereocenters. The van der Waals surface area contributed by atoms with Gasteiger partial charge in [-0.05, 0) is 55.4 Å². The lowest BCUT2D eigenvalue weighted by Crippen LogP contribution is -3.07. The third-order valence-corrected chi connectivity index (χ3v) is 4.27. The van der Waals surface area contributed by atoms with Gasteiger partial charge in [-0.2, -0.15) is 0 Å². The molecule has 0 aliphatic rings. The lowest BCUT2D eigenvalue weighted by molar-refractivity contribution is -0.891. The van der Waals surface area contributed by atoms with Crippen molar-refractivity contribution in [2.45, 2.75) is 19.9 Å². The summed E-state index contributed by atoms with van der Waals surface area (Å²) in [6.45, 7) is 4.71. The Morgan fingerprint density at radius 3 is 2.65 bits per heavy atom. The lowest BCUT2D eigenvalue weighted by atomic mass is 10.1. The molecule has 2 aromatic rings. The van der Waals surface area contributed by atoms with Gasteiger partial charge in [0.25, 0.3) is 0 Å². The summed E-state index contributed by atoms with van der Waals surface area (Å²) >= 11 is 11.7. The largest absolute Gasteiger partial charge is 0.463 e. The predicted molar refractivity (Wildman–Crippen MR) is 99.4 cm³/mol. The first-order valence-corrected chi connectivity index (χ1v) is 8.32. The molecule has 0 spiro atoms. The van der Waals surface area contributed by atoms with Crippen molar-refractivity contribution in [1.29, 1.82) is 0 Å². The molecule has 0 amide bonds. The summed E-state index contributed by atoms with van der Waals surface area (Å²) in [7, 11) is 4.18. The van der Waals surface area contributed by atoms with Gasteiger partial charge >= 0.3 is 0 Å². The van der Waals surface area contributed by atoms with E-state index in [4.69, 9.17) is 28.2 Å². The first-order valence-electron chi connectivity index (χ1n) is 7.53. The van der Waals surface area contributed by atoms with Gasteiger partial charge in [0.1, 0.15) is 0 Å². The quantitative estimate of drug-likeness (QED) is 0.724. The molecule has 0 aliphatic carbocycles. The predicted octanol–water partition coefficient (Wildman–Crippen LogP) is 2.72. The van der Waals surface area contributed by atoms with Crippen LogP contribution in [0.1, 0.15) is 22.9 Å². The van der Waals surface area contributed by atoms with Gasteiger partial charge in [-0.1, -0.05) is 17.7 Å². The molecule has 6 heteroatoms. The Bertz CT molecular complexity index is 647. The van der Waals surface area contributed by atoms with E-state index in [0.29, 0.717) is 16.7 Å². The van der Waals surface area contributed by atoms with Crippen molar-refractivity contribution in [3.63, 3.8) is 0 Å². The summed E-state index contributed by atoms with van der Waals surface area (Å²) < 4.78 is 5.51. The maximum absolute atomic E-state index is 6.30. The highest BCUT2D eigenvalue weighted by Gasteiger charge is 2.20. The Labute approximate surface area is 147 Å². The van der Waals surface area contributed by atoms with Gasteiger partial charge in [0.2, 0.25) is 0 Å². The van der Waals surface area contributed by atoms with Crippen molar-refractivity contribution in [3.05, 3.63) is 52.4 Å². The number of halogens is 1. The Morgan fingerprint density at radius 2 is 2.09 bits per heavy atom. The van der Waals surface area contributed by atoms with E-state index >= 15 is 0 Å². The Kier molecular flexibility index (Phi) is 6.04. The second-order valence-electron chi connectivity index (χ2n) is 5.92. The summed E-state index contributed by atoms with van der Waals surface area (Å²) in [4.78, 5) is 1.26. The third-order valence-electron chi connectivity index (χ3n) is 3.72. The highest BCUT2D eigenvalue weighted by Crippen LogP contribution is 2.27. The number of benzene rings is 1. The first kappa shape index (κ1) is 17.8. The van der Waals surface area contributed by atoms with Crippen LogP contribution in [0.15, 0.2) is 34.9 Å². The minimum absolute atomic E-state index is 0.180. The molecule has 1 aromatic heterocycles. The van der Waals surface area contributed by atoms with Crippen LogP contribution in [0.3, 0.4) is 0 Å². The van der Waals surface area contributed by atoms with E-state index in [0.717, 1.165) is 22.6 Å². The van der Waals surface area contributed by atoms with Gasteiger partial charge in [-0.15, -0.1) is 0 Å². The molecule has 124 valence electrons. The minimum atomic E-state index is 0.180. The van der Waals surface area contributed by atoms with Crippen molar-refractivity contribution in [3.8, 4) is 0 Å². The number of aryl methyl sites for hydroxylation is 2. The normalized spacial score (nSPS) is 12.3. The average molecular weight is 353 g/mol. The van der Waals surface area contributed by atoms with Gasteiger partial charge in [-0.3, -0.25) is 0 Å². The molecule has 1 atom stereocenters. The fraction of sp³-hybridized carbons (Fsp3) is 0.353. The number of furan rings is 1. The number of rotatable bonds is 5. The number of nitrogens with one attached hydrogen (secondary N) is 3. The molecule has 4 nitrogen and oxygen atoms in total. The second-order valence-corrected chi connectivity index (χ2v) is 6.73. The topological polar surface area (TPSA) is 41.6 Å². The van der Waals surface area contributed by atoms with Crippen molar-refractivity contribution in [2.75, 3.05) is 26.0 Å². The van der Waals surface area contributed by atoms with Crippen LogP contribution in [0.2, 0.25) is 5.02 Å². The number of quaternary nitrogens is 1. The average Bonchev–Trinajstić information content (AvgIpc) is 2.96. The Hall–Kier alpha value is -1.56. The standard InChI is InChI=1S/C17H22ClN3OS/c1-11-8-12(2)16(13(18)9-11)20-17(23)19-10-14(21(3)4)15-6-5-7-22-15/h5-9,14H,10H2,1-4H3,(H2,19,20,23)/p+1/t14-/m0/s1. The van der Waals surface area contributed by atoms with Crippen LogP contribution < -0.4 is 15.5 Å². The van der Waals surface area contributed by atoms with E-state index in [1.807, 2.05) is 32.0 Å². The van der Waals surface area contributed by atoms with E-state index in [-0.39, 0.29) is 6.04 Å². The summed E-state index contributed by atoms with van der Waals surface area (Å²) in [5.41, 5.74) is 3.05. The number of hydrogen-bond donors (Lipinski definition) is 3. The maximum Gasteiger partial charge on any atom is 0.171 e. The number of likely N-dealkylation sites (N-methyl/N-ethyl adjacent to an activating group) is 1. The summed E-state index contributed by atoms with van der Waals surface area (Å²) in [5.74, 6) is 0.935. The SMILES string of the molecule is Cc1cc(C)c(NC(=S)NC[C@@H](c2ccco2)[NH+](C)C)c(Cl)c1. The van der Waals surface area contributed by atoms with E-state index < -0.39 is 0 Å². The van der Waals surface area contributed by atoms with Crippen molar-refractivity contribution in [2.24, 2.45) is 0 Å². The summed E-state index contributed by atoms with van der Waals surface area (Å²) in [6.07, 6.45) is 1.69. The molecule has 1 heterocycles. The smallest absolute Gasteiger partial charge is 0.171 e. The van der Waals surface area contributed by atoms with Crippen molar-refractivity contribution < 1.29 is 9.32 Å². The number of hydrogen-bond acceptors (Lipinski definition) is 2. The number of thiocarbonyl (C=S) groups is 1. The molecule has 0 fully saturated rings. The van der Waals surface area contributed by atoms with Crippen LogP contribution in [-0.4, -0.2) is 25.8 Å². The zero-order valence-corrected chi connectivity index (χ0v) is 15.4. The first-order chi connectivity index (χ1) is 10.9. The maximum atomic E-state index is 6.30. The minimum Gasteiger partial charge on any atom is -0.463 e. The zero-order chi connectivity index (χ0) is 17.0. The van der Waals surface area contributed by atoms with Crippen LogP contribution in [0.25, 0.3) is 0 Å². The molecule has 0 saturated heterocycles. The third kappa shape index (κ3) is 4.70. The summed E-state index contributed by atoms with van der Waals surface area (Å²) in [6, 6.07) is 8.06. The van der Waals surface area contributed by atoms with Crippen LogP contribution in [-0.2, 0) is 0 Å². The van der Waals surface area contributed by atoms with Crippen LogP contribution in [0.5, 0.6) is 0 Å². The monoisotopic (exact) mass is 352 g/mol.